The number of carbonyl (C=O) groups is 2. The van der Waals surface area contributed by atoms with Crippen molar-refractivity contribution < 1.29 is 32.8 Å². The van der Waals surface area contributed by atoms with Gasteiger partial charge < -0.3 is 23.2 Å². The molecule has 2 heterocycles. The van der Waals surface area contributed by atoms with Crippen LogP contribution in [0.2, 0.25) is 0 Å². The van der Waals surface area contributed by atoms with Crippen molar-refractivity contribution >= 4 is 30.4 Å². The van der Waals surface area contributed by atoms with Crippen LogP contribution >= 0.6 is 7.60 Å². The van der Waals surface area contributed by atoms with Crippen molar-refractivity contribution in [2.45, 2.75) is 26.4 Å². The molecule has 4 rings (SSSR count). The summed E-state index contributed by atoms with van der Waals surface area (Å²) in [7, 11) is 2.32. The molecular formula is C26H34N4O6P+. The molecule has 0 spiro atoms. The van der Waals surface area contributed by atoms with Crippen LogP contribution in [0.5, 0.6) is 5.75 Å². The number of nitrogens with zero attached hydrogens (tertiary/aromatic N) is 4. The van der Waals surface area contributed by atoms with Gasteiger partial charge in [-0.05, 0) is 37.6 Å². The smallest absolute Gasteiger partial charge is 0.328 e. The SMILES string of the molecule is CCn1c(CN2C(=O)c3ccccc3C2=O)nc2ccc(OCCCP(=O)(O)OCC[N+](C)(C)C)cc21. The van der Waals surface area contributed by atoms with Gasteiger partial charge in [-0.25, -0.2) is 4.98 Å². The lowest BCUT2D eigenvalue weighted by Gasteiger charge is -2.24. The second kappa shape index (κ2) is 10.8. The summed E-state index contributed by atoms with van der Waals surface area (Å²) in [5, 5.41) is 0. The van der Waals surface area contributed by atoms with Crippen LogP contribution in [0.4, 0.5) is 0 Å². The van der Waals surface area contributed by atoms with E-state index in [4.69, 9.17) is 9.26 Å². The van der Waals surface area contributed by atoms with E-state index < -0.39 is 7.60 Å². The summed E-state index contributed by atoms with van der Waals surface area (Å²) in [6.07, 6.45) is 0.387. The van der Waals surface area contributed by atoms with Gasteiger partial charge in [-0.15, -0.1) is 0 Å². The summed E-state index contributed by atoms with van der Waals surface area (Å²) in [5.41, 5.74) is 2.37. The number of carbonyl (C=O) groups excluding carboxylic acids is 2. The molecule has 2 amide bonds. The van der Waals surface area contributed by atoms with E-state index in [-0.39, 0.29) is 37.7 Å². The second-order valence-electron chi connectivity index (χ2n) is 10.1. The van der Waals surface area contributed by atoms with E-state index in [1.54, 1.807) is 30.3 Å². The lowest BCUT2D eigenvalue weighted by Crippen LogP contribution is -2.37. The summed E-state index contributed by atoms with van der Waals surface area (Å²) >= 11 is 0. The molecule has 10 nitrogen and oxygen atoms in total. The maximum absolute atomic E-state index is 12.8. The zero-order valence-corrected chi connectivity index (χ0v) is 22.6. The Hall–Kier alpha value is -3.04. The molecule has 0 aliphatic carbocycles. The fourth-order valence-corrected chi connectivity index (χ4v) is 5.24. The third-order valence-electron chi connectivity index (χ3n) is 6.20. The molecule has 198 valence electrons. The molecule has 0 radical (unpaired) electrons. The van der Waals surface area contributed by atoms with E-state index in [0.717, 1.165) is 11.0 Å². The summed E-state index contributed by atoms with van der Waals surface area (Å²) in [4.78, 5) is 41.5. The first-order valence-electron chi connectivity index (χ1n) is 12.3. The molecule has 1 atom stereocenters. The molecule has 1 unspecified atom stereocenters. The number of imide groups is 1. The van der Waals surface area contributed by atoms with Gasteiger partial charge in [0.05, 0.1) is 62.6 Å². The van der Waals surface area contributed by atoms with Crippen molar-refractivity contribution in [2.24, 2.45) is 0 Å². The fraction of sp³-hybridized carbons (Fsp3) is 0.423. The number of hydrogen-bond acceptors (Lipinski definition) is 6. The molecule has 3 aromatic rings. The number of amides is 2. The van der Waals surface area contributed by atoms with Crippen LogP contribution in [0.3, 0.4) is 0 Å². The first kappa shape index (κ1) is 27.0. The van der Waals surface area contributed by atoms with Crippen LogP contribution in [-0.4, -0.2) is 82.7 Å². The highest BCUT2D eigenvalue weighted by Crippen LogP contribution is 2.42. The van der Waals surface area contributed by atoms with E-state index >= 15 is 0 Å². The van der Waals surface area contributed by atoms with Gasteiger partial charge in [0.1, 0.15) is 24.7 Å². The number of imidazole rings is 1. The van der Waals surface area contributed by atoms with Gasteiger partial charge in [0.2, 0.25) is 0 Å². The molecule has 11 heteroatoms. The van der Waals surface area contributed by atoms with Crippen LogP contribution < -0.4 is 4.74 Å². The molecule has 0 fully saturated rings. The van der Waals surface area contributed by atoms with E-state index in [1.807, 2.05) is 44.8 Å². The van der Waals surface area contributed by atoms with Crippen LogP contribution in [0.25, 0.3) is 11.0 Å². The van der Waals surface area contributed by atoms with E-state index in [9.17, 15) is 19.0 Å². The maximum atomic E-state index is 12.8. The largest absolute Gasteiger partial charge is 0.493 e. The topological polar surface area (TPSA) is 111 Å². The average molecular weight is 530 g/mol. The molecule has 1 aromatic heterocycles. The predicted molar refractivity (Wildman–Crippen MR) is 140 cm³/mol. The number of hydrogen-bond donors (Lipinski definition) is 1. The van der Waals surface area contributed by atoms with Crippen molar-refractivity contribution in [1.82, 2.24) is 14.5 Å². The van der Waals surface area contributed by atoms with Gasteiger partial charge in [0, 0.05) is 12.6 Å². The van der Waals surface area contributed by atoms with Gasteiger partial charge in [-0.1, -0.05) is 12.1 Å². The Bertz CT molecular complexity index is 1330. The summed E-state index contributed by atoms with van der Waals surface area (Å²) in [5.74, 6) is 0.577. The summed E-state index contributed by atoms with van der Waals surface area (Å²) < 4.78 is 25.9. The number of benzene rings is 2. The van der Waals surface area contributed by atoms with Gasteiger partial charge in [0.15, 0.2) is 0 Å². The minimum Gasteiger partial charge on any atom is -0.493 e. The number of likely N-dealkylation sites (N-methyl/N-ethyl adjacent to an activating group) is 1. The van der Waals surface area contributed by atoms with Crippen LogP contribution in [-0.2, 0) is 22.2 Å². The van der Waals surface area contributed by atoms with Gasteiger partial charge in [-0.2, -0.15) is 0 Å². The van der Waals surface area contributed by atoms with Crippen molar-refractivity contribution in [3.63, 3.8) is 0 Å². The number of fused-ring (bicyclic) bond motifs is 2. The minimum atomic E-state index is -3.66. The Morgan fingerprint density at radius 2 is 1.70 bits per heavy atom. The Morgan fingerprint density at radius 1 is 1.03 bits per heavy atom. The molecule has 0 bridgehead atoms. The third kappa shape index (κ3) is 6.27. The van der Waals surface area contributed by atoms with E-state index in [1.165, 1.54) is 4.90 Å². The zero-order chi connectivity index (χ0) is 26.8. The minimum absolute atomic E-state index is 0.0176. The fourth-order valence-electron chi connectivity index (χ4n) is 4.22. The van der Waals surface area contributed by atoms with E-state index in [0.29, 0.717) is 46.7 Å². The highest BCUT2D eigenvalue weighted by atomic mass is 31.2. The Balaban J connectivity index is 1.39. The second-order valence-corrected chi connectivity index (χ2v) is 12.1. The predicted octanol–water partition coefficient (Wildman–Crippen LogP) is 3.53. The molecule has 2 aromatic carbocycles. The first-order valence-corrected chi connectivity index (χ1v) is 14.1. The monoisotopic (exact) mass is 529 g/mol. The van der Waals surface area contributed by atoms with Gasteiger partial charge >= 0.3 is 7.60 Å². The lowest BCUT2D eigenvalue weighted by atomic mass is 10.1. The quantitative estimate of drug-likeness (QED) is 0.165. The van der Waals surface area contributed by atoms with Crippen molar-refractivity contribution in [3.05, 3.63) is 59.4 Å². The first-order chi connectivity index (χ1) is 17.5. The molecule has 1 aliphatic rings. The van der Waals surface area contributed by atoms with Gasteiger partial charge in [-0.3, -0.25) is 19.1 Å². The Morgan fingerprint density at radius 3 is 2.32 bits per heavy atom. The lowest BCUT2D eigenvalue weighted by molar-refractivity contribution is -0.870. The Labute approximate surface area is 216 Å². The molecule has 37 heavy (non-hydrogen) atoms. The average Bonchev–Trinajstić information content (AvgIpc) is 3.30. The highest BCUT2D eigenvalue weighted by molar-refractivity contribution is 7.52. The zero-order valence-electron chi connectivity index (χ0n) is 21.7. The number of quaternary nitrogens is 1. The number of aryl methyl sites for hydroxylation is 1. The number of aromatic nitrogens is 2. The Kier molecular flexibility index (Phi) is 7.85. The van der Waals surface area contributed by atoms with Crippen molar-refractivity contribution in [1.29, 1.82) is 0 Å². The molecule has 1 N–H and O–H groups in total. The number of rotatable bonds is 12. The standard InChI is InChI=1S/C26H33N4O6P/c1-5-28-23-17-19(35-14-8-16-37(33,34)36-15-13-30(2,3)4)11-12-22(23)27-24(28)18-29-25(31)20-9-6-7-10-21(20)26(29)32/h6-7,9-12,17H,5,8,13-16,18H2,1-4H3/p+1. The van der Waals surface area contributed by atoms with Crippen LogP contribution in [0, 0.1) is 0 Å². The molecule has 1 aliphatic heterocycles. The molecular weight excluding hydrogens is 495 g/mol. The molecule has 0 saturated heterocycles. The van der Waals surface area contributed by atoms with Crippen molar-refractivity contribution in [3.8, 4) is 5.75 Å². The summed E-state index contributed by atoms with van der Waals surface area (Å²) in [6.45, 7) is 3.76. The normalized spacial score (nSPS) is 15.3. The summed E-state index contributed by atoms with van der Waals surface area (Å²) in [6, 6.07) is 12.3. The maximum Gasteiger partial charge on any atom is 0.328 e. The van der Waals surface area contributed by atoms with Crippen molar-refractivity contribution in [2.75, 3.05) is 47.1 Å². The number of ether oxygens (including phenoxy) is 1. The van der Waals surface area contributed by atoms with Gasteiger partial charge in [0.25, 0.3) is 11.8 Å². The van der Waals surface area contributed by atoms with E-state index in [2.05, 4.69) is 4.98 Å². The molecule has 0 saturated carbocycles. The van der Waals surface area contributed by atoms with Crippen LogP contribution in [0.15, 0.2) is 42.5 Å². The third-order valence-corrected chi connectivity index (χ3v) is 7.67. The highest BCUT2D eigenvalue weighted by Gasteiger charge is 2.36. The van der Waals surface area contributed by atoms with Crippen LogP contribution in [0.1, 0.15) is 39.9 Å².